The van der Waals surface area contributed by atoms with Gasteiger partial charge in [-0.1, -0.05) is 0 Å². The van der Waals surface area contributed by atoms with Crippen LogP contribution < -0.4 is 10.6 Å². The zero-order valence-corrected chi connectivity index (χ0v) is 8.85. The van der Waals surface area contributed by atoms with Crippen molar-refractivity contribution in [2.45, 2.75) is 18.9 Å². The molecule has 1 saturated heterocycles. The molecule has 1 aliphatic rings. The minimum Gasteiger partial charge on any atom is -0.360 e. The number of nitro groups is 1. The number of hydrogen-bond acceptors (Lipinski definition) is 5. The second kappa shape index (κ2) is 4.89. The summed E-state index contributed by atoms with van der Waals surface area (Å²) in [7, 11) is 0. The van der Waals surface area contributed by atoms with Gasteiger partial charge in [-0.05, 0) is 25.5 Å². The molecule has 1 aliphatic heterocycles. The molecule has 1 aromatic rings. The first-order chi connectivity index (χ1) is 7.77. The maximum absolute atomic E-state index is 10.8. The van der Waals surface area contributed by atoms with Gasteiger partial charge in [0.05, 0.1) is 4.92 Å². The van der Waals surface area contributed by atoms with Crippen LogP contribution in [0.25, 0.3) is 0 Å². The third-order valence-electron chi connectivity index (χ3n) is 2.62. The van der Waals surface area contributed by atoms with E-state index >= 15 is 0 Å². The Kier molecular flexibility index (Phi) is 3.31. The number of pyridine rings is 1. The third-order valence-corrected chi connectivity index (χ3v) is 2.62. The van der Waals surface area contributed by atoms with E-state index in [1.165, 1.54) is 6.07 Å². The Bertz CT molecular complexity index is 377. The van der Waals surface area contributed by atoms with Crippen LogP contribution >= 0.6 is 0 Å². The lowest BCUT2D eigenvalue weighted by molar-refractivity contribution is -0.384. The summed E-state index contributed by atoms with van der Waals surface area (Å²) >= 11 is 0. The first-order valence-corrected chi connectivity index (χ1v) is 5.34. The summed E-state index contributed by atoms with van der Waals surface area (Å²) < 4.78 is 0. The summed E-state index contributed by atoms with van der Waals surface area (Å²) in [6, 6.07) is 3.26. The van der Waals surface area contributed by atoms with Crippen molar-refractivity contribution in [3.63, 3.8) is 0 Å². The second-order valence-electron chi connectivity index (χ2n) is 3.82. The Morgan fingerprint density at radius 3 is 3.19 bits per heavy atom. The first kappa shape index (κ1) is 10.8. The molecule has 6 nitrogen and oxygen atoms in total. The summed E-state index contributed by atoms with van der Waals surface area (Å²) in [6.45, 7) is 1.84. The molecule has 1 aromatic heterocycles. The van der Waals surface area contributed by atoms with Gasteiger partial charge in [0.1, 0.15) is 0 Å². The summed E-state index contributed by atoms with van der Waals surface area (Å²) in [5.41, 5.74) is 0.0353. The van der Waals surface area contributed by atoms with Crippen LogP contribution in [0.4, 0.5) is 11.5 Å². The number of aromatic nitrogens is 1. The maximum Gasteiger partial charge on any atom is 0.311 e. The Morgan fingerprint density at radius 2 is 2.50 bits per heavy atom. The summed E-state index contributed by atoms with van der Waals surface area (Å²) in [6.07, 6.45) is 3.66. The van der Waals surface area contributed by atoms with E-state index < -0.39 is 4.92 Å². The van der Waals surface area contributed by atoms with Crippen molar-refractivity contribution < 1.29 is 4.92 Å². The standard InChI is InChI=1S/C10H14N4O2/c15-14(16)9-4-2-6-12-10(9)13-8-3-1-5-11-7-8/h2,4,6,8,11H,1,3,5,7H2,(H,12,13)/t8-/m0/s1. The fourth-order valence-corrected chi connectivity index (χ4v) is 1.82. The molecule has 0 radical (unpaired) electrons. The largest absolute Gasteiger partial charge is 0.360 e. The van der Waals surface area contributed by atoms with E-state index in [0.29, 0.717) is 5.82 Å². The third kappa shape index (κ3) is 2.46. The molecule has 86 valence electrons. The van der Waals surface area contributed by atoms with Crippen LogP contribution in [0.2, 0.25) is 0 Å². The van der Waals surface area contributed by atoms with Gasteiger partial charge in [-0.2, -0.15) is 0 Å². The number of nitrogens with one attached hydrogen (secondary N) is 2. The number of piperidine rings is 1. The Hall–Kier alpha value is -1.69. The number of hydrogen-bond donors (Lipinski definition) is 2. The lowest BCUT2D eigenvalue weighted by Gasteiger charge is -2.23. The molecule has 0 amide bonds. The van der Waals surface area contributed by atoms with Crippen LogP contribution in [0.1, 0.15) is 12.8 Å². The van der Waals surface area contributed by atoms with Gasteiger partial charge in [-0.3, -0.25) is 10.1 Å². The van der Waals surface area contributed by atoms with Gasteiger partial charge in [-0.15, -0.1) is 0 Å². The summed E-state index contributed by atoms with van der Waals surface area (Å²) in [5, 5.41) is 17.1. The molecular weight excluding hydrogens is 208 g/mol. The van der Waals surface area contributed by atoms with E-state index in [-0.39, 0.29) is 11.7 Å². The molecule has 2 heterocycles. The monoisotopic (exact) mass is 222 g/mol. The van der Waals surface area contributed by atoms with Crippen LogP contribution in [-0.4, -0.2) is 29.0 Å². The van der Waals surface area contributed by atoms with Crippen LogP contribution in [0.3, 0.4) is 0 Å². The highest BCUT2D eigenvalue weighted by molar-refractivity contribution is 5.55. The molecule has 0 saturated carbocycles. The van der Waals surface area contributed by atoms with Gasteiger partial charge in [0, 0.05) is 24.8 Å². The van der Waals surface area contributed by atoms with Gasteiger partial charge in [0.2, 0.25) is 5.82 Å². The predicted molar refractivity (Wildman–Crippen MR) is 60.4 cm³/mol. The molecule has 2 N–H and O–H groups in total. The number of rotatable bonds is 3. The molecular formula is C10H14N4O2. The smallest absolute Gasteiger partial charge is 0.311 e. The van der Waals surface area contributed by atoms with Gasteiger partial charge < -0.3 is 10.6 Å². The lowest BCUT2D eigenvalue weighted by Crippen LogP contribution is -2.38. The summed E-state index contributed by atoms with van der Waals surface area (Å²) in [5.74, 6) is 0.362. The molecule has 1 atom stereocenters. The number of anilines is 1. The molecule has 0 aromatic carbocycles. The normalized spacial score (nSPS) is 20.4. The zero-order valence-electron chi connectivity index (χ0n) is 8.85. The Labute approximate surface area is 93.2 Å². The van der Waals surface area contributed by atoms with Crippen molar-refractivity contribution in [2.75, 3.05) is 18.4 Å². The van der Waals surface area contributed by atoms with Gasteiger partial charge in [0.15, 0.2) is 0 Å². The number of nitrogens with zero attached hydrogens (tertiary/aromatic N) is 2. The van der Waals surface area contributed by atoms with Gasteiger partial charge in [-0.25, -0.2) is 4.98 Å². The van der Waals surface area contributed by atoms with Crippen LogP contribution in [-0.2, 0) is 0 Å². The van der Waals surface area contributed by atoms with Crippen molar-refractivity contribution >= 4 is 11.5 Å². The molecule has 1 fully saturated rings. The molecule has 0 unspecified atom stereocenters. The van der Waals surface area contributed by atoms with E-state index in [4.69, 9.17) is 0 Å². The average Bonchev–Trinajstić information content (AvgIpc) is 2.31. The van der Waals surface area contributed by atoms with E-state index in [2.05, 4.69) is 15.6 Å². The van der Waals surface area contributed by atoms with Crippen molar-refractivity contribution in [3.05, 3.63) is 28.4 Å². The van der Waals surface area contributed by atoms with Gasteiger partial charge in [0.25, 0.3) is 0 Å². The molecule has 16 heavy (non-hydrogen) atoms. The second-order valence-corrected chi connectivity index (χ2v) is 3.82. The molecule has 0 spiro atoms. The van der Waals surface area contributed by atoms with Crippen molar-refractivity contribution in [2.24, 2.45) is 0 Å². The average molecular weight is 222 g/mol. The fraction of sp³-hybridized carbons (Fsp3) is 0.500. The van der Waals surface area contributed by atoms with E-state index in [1.54, 1.807) is 12.3 Å². The van der Waals surface area contributed by atoms with Crippen molar-refractivity contribution in [1.82, 2.24) is 10.3 Å². The van der Waals surface area contributed by atoms with Gasteiger partial charge >= 0.3 is 5.69 Å². The van der Waals surface area contributed by atoms with Crippen molar-refractivity contribution in [3.8, 4) is 0 Å². The summed E-state index contributed by atoms with van der Waals surface area (Å²) in [4.78, 5) is 14.4. The highest BCUT2D eigenvalue weighted by Gasteiger charge is 2.19. The Morgan fingerprint density at radius 1 is 1.62 bits per heavy atom. The quantitative estimate of drug-likeness (QED) is 0.592. The molecule has 6 heteroatoms. The predicted octanol–water partition coefficient (Wildman–Crippen LogP) is 1.15. The van der Waals surface area contributed by atoms with E-state index in [1.807, 2.05) is 0 Å². The topological polar surface area (TPSA) is 80.1 Å². The zero-order chi connectivity index (χ0) is 11.4. The minimum absolute atomic E-state index is 0.0353. The first-order valence-electron chi connectivity index (χ1n) is 5.34. The SMILES string of the molecule is O=[N+]([O-])c1cccnc1N[C@H]1CCCNC1. The highest BCUT2D eigenvalue weighted by atomic mass is 16.6. The van der Waals surface area contributed by atoms with Crippen LogP contribution in [0.5, 0.6) is 0 Å². The van der Waals surface area contributed by atoms with Crippen molar-refractivity contribution in [1.29, 1.82) is 0 Å². The maximum atomic E-state index is 10.8. The highest BCUT2D eigenvalue weighted by Crippen LogP contribution is 2.22. The van der Waals surface area contributed by atoms with Crippen LogP contribution in [0.15, 0.2) is 18.3 Å². The lowest BCUT2D eigenvalue weighted by atomic mass is 10.1. The minimum atomic E-state index is -0.411. The Balaban J connectivity index is 2.10. The van der Waals surface area contributed by atoms with Crippen LogP contribution in [0, 0.1) is 10.1 Å². The molecule has 0 bridgehead atoms. The molecule has 0 aliphatic carbocycles. The van der Waals surface area contributed by atoms with E-state index in [0.717, 1.165) is 25.9 Å². The molecule has 2 rings (SSSR count). The van der Waals surface area contributed by atoms with E-state index in [9.17, 15) is 10.1 Å². The fourth-order valence-electron chi connectivity index (χ4n) is 1.82.